The SMILES string of the molecule is Cc1cc(C)c2nc(N)n3nc(C(C)(C)C)nc3c2c1. The Morgan fingerprint density at radius 1 is 1.10 bits per heavy atom. The molecule has 3 aromatic rings. The normalized spacial score (nSPS) is 12.4. The summed E-state index contributed by atoms with van der Waals surface area (Å²) in [5.41, 5.74) is 9.88. The molecule has 0 amide bonds. The molecule has 3 rings (SSSR count). The zero-order chi connectivity index (χ0) is 14.7. The van der Waals surface area contributed by atoms with Crippen LogP contribution in [-0.2, 0) is 5.41 Å². The molecule has 0 aliphatic carbocycles. The van der Waals surface area contributed by atoms with Crippen molar-refractivity contribution in [1.82, 2.24) is 19.6 Å². The summed E-state index contributed by atoms with van der Waals surface area (Å²) in [6, 6.07) is 4.19. The molecule has 0 unspecified atom stereocenters. The lowest BCUT2D eigenvalue weighted by molar-refractivity contribution is 0.545. The first-order chi connectivity index (χ1) is 9.27. The van der Waals surface area contributed by atoms with E-state index in [9.17, 15) is 0 Å². The Kier molecular flexibility index (Phi) is 2.51. The fourth-order valence-electron chi connectivity index (χ4n) is 2.40. The van der Waals surface area contributed by atoms with Crippen LogP contribution in [0.25, 0.3) is 16.6 Å². The molecule has 0 aliphatic rings. The number of benzene rings is 1. The van der Waals surface area contributed by atoms with Crippen molar-refractivity contribution in [2.45, 2.75) is 40.0 Å². The Labute approximate surface area is 117 Å². The molecule has 0 radical (unpaired) electrons. The highest BCUT2D eigenvalue weighted by molar-refractivity contribution is 5.94. The molecule has 0 aliphatic heterocycles. The van der Waals surface area contributed by atoms with Crippen molar-refractivity contribution in [3.05, 3.63) is 29.1 Å². The van der Waals surface area contributed by atoms with E-state index in [1.807, 2.05) is 6.92 Å². The number of fused-ring (bicyclic) bond motifs is 3. The van der Waals surface area contributed by atoms with Gasteiger partial charge in [-0.05, 0) is 31.0 Å². The summed E-state index contributed by atoms with van der Waals surface area (Å²) < 4.78 is 1.64. The van der Waals surface area contributed by atoms with E-state index >= 15 is 0 Å². The van der Waals surface area contributed by atoms with Gasteiger partial charge in [0.25, 0.3) is 0 Å². The molecule has 2 N–H and O–H groups in total. The second-order valence-electron chi connectivity index (χ2n) is 6.37. The van der Waals surface area contributed by atoms with Crippen LogP contribution in [0.2, 0.25) is 0 Å². The Morgan fingerprint density at radius 3 is 2.45 bits per heavy atom. The van der Waals surface area contributed by atoms with Crippen LogP contribution in [0.3, 0.4) is 0 Å². The van der Waals surface area contributed by atoms with Gasteiger partial charge < -0.3 is 5.73 Å². The number of hydrogen-bond acceptors (Lipinski definition) is 4. The molecule has 2 heterocycles. The minimum atomic E-state index is -0.121. The number of rotatable bonds is 0. The molecule has 0 fully saturated rings. The Balaban J connectivity index is 2.49. The molecular formula is C15H19N5. The van der Waals surface area contributed by atoms with Gasteiger partial charge in [-0.3, -0.25) is 0 Å². The molecule has 20 heavy (non-hydrogen) atoms. The third kappa shape index (κ3) is 1.81. The first kappa shape index (κ1) is 12.8. The molecular weight excluding hydrogens is 250 g/mol. The summed E-state index contributed by atoms with van der Waals surface area (Å²) in [6.45, 7) is 10.4. The van der Waals surface area contributed by atoms with Crippen molar-refractivity contribution in [3.63, 3.8) is 0 Å². The molecule has 0 spiro atoms. The summed E-state index contributed by atoms with van der Waals surface area (Å²) in [5.74, 6) is 1.15. The Hall–Kier alpha value is -2.17. The maximum Gasteiger partial charge on any atom is 0.223 e. The van der Waals surface area contributed by atoms with Gasteiger partial charge >= 0.3 is 0 Å². The predicted octanol–water partition coefficient (Wildman–Crippen LogP) is 2.77. The topological polar surface area (TPSA) is 69.1 Å². The maximum absolute atomic E-state index is 6.04. The van der Waals surface area contributed by atoms with Gasteiger partial charge in [0.2, 0.25) is 5.95 Å². The fourth-order valence-corrected chi connectivity index (χ4v) is 2.40. The lowest BCUT2D eigenvalue weighted by Crippen LogP contribution is -2.13. The number of anilines is 1. The summed E-state index contributed by atoms with van der Waals surface area (Å²) in [4.78, 5) is 9.17. The van der Waals surface area contributed by atoms with Crippen molar-refractivity contribution >= 4 is 22.5 Å². The van der Waals surface area contributed by atoms with Gasteiger partial charge in [0.1, 0.15) is 0 Å². The highest BCUT2D eigenvalue weighted by Gasteiger charge is 2.22. The average Bonchev–Trinajstić information content (AvgIpc) is 2.76. The predicted molar refractivity (Wildman–Crippen MR) is 80.9 cm³/mol. The van der Waals surface area contributed by atoms with E-state index in [-0.39, 0.29) is 5.41 Å². The van der Waals surface area contributed by atoms with E-state index in [0.717, 1.165) is 27.9 Å². The summed E-state index contributed by atoms with van der Waals surface area (Å²) in [7, 11) is 0. The Morgan fingerprint density at radius 2 is 1.80 bits per heavy atom. The van der Waals surface area contributed by atoms with Crippen LogP contribution in [0, 0.1) is 13.8 Å². The third-order valence-corrected chi connectivity index (χ3v) is 3.41. The van der Waals surface area contributed by atoms with Crippen LogP contribution in [-0.4, -0.2) is 19.6 Å². The fraction of sp³-hybridized carbons (Fsp3) is 0.400. The molecule has 0 atom stereocenters. The smallest absolute Gasteiger partial charge is 0.223 e. The molecule has 0 bridgehead atoms. The van der Waals surface area contributed by atoms with E-state index in [0.29, 0.717) is 5.95 Å². The molecule has 104 valence electrons. The molecule has 5 heteroatoms. The first-order valence-corrected chi connectivity index (χ1v) is 6.71. The molecule has 0 saturated heterocycles. The zero-order valence-electron chi connectivity index (χ0n) is 12.5. The van der Waals surface area contributed by atoms with Crippen molar-refractivity contribution in [2.75, 3.05) is 5.73 Å². The number of aromatic nitrogens is 4. The zero-order valence-corrected chi connectivity index (χ0v) is 12.5. The van der Waals surface area contributed by atoms with E-state index < -0.39 is 0 Å². The number of nitrogen functional groups attached to an aromatic ring is 1. The van der Waals surface area contributed by atoms with E-state index in [2.05, 4.69) is 54.9 Å². The maximum atomic E-state index is 6.04. The van der Waals surface area contributed by atoms with Gasteiger partial charge in [-0.15, -0.1) is 5.10 Å². The number of nitrogens with zero attached hydrogens (tertiary/aromatic N) is 4. The van der Waals surface area contributed by atoms with Crippen LogP contribution < -0.4 is 5.73 Å². The second kappa shape index (κ2) is 3.91. The Bertz CT molecular complexity index is 824. The molecule has 5 nitrogen and oxygen atoms in total. The van der Waals surface area contributed by atoms with Crippen LogP contribution in [0.1, 0.15) is 37.7 Å². The monoisotopic (exact) mass is 269 g/mol. The minimum Gasteiger partial charge on any atom is -0.368 e. The number of nitrogens with two attached hydrogens (primary N) is 1. The van der Waals surface area contributed by atoms with Crippen molar-refractivity contribution in [2.24, 2.45) is 0 Å². The lowest BCUT2D eigenvalue weighted by atomic mass is 9.96. The molecule has 2 aromatic heterocycles. The number of aryl methyl sites for hydroxylation is 2. The van der Waals surface area contributed by atoms with Crippen molar-refractivity contribution in [3.8, 4) is 0 Å². The molecule has 1 aromatic carbocycles. The highest BCUT2D eigenvalue weighted by atomic mass is 15.4. The number of hydrogen-bond donors (Lipinski definition) is 1. The summed E-state index contributed by atoms with van der Waals surface area (Å²) in [6.07, 6.45) is 0. The first-order valence-electron chi connectivity index (χ1n) is 6.71. The van der Waals surface area contributed by atoms with Gasteiger partial charge in [-0.1, -0.05) is 26.8 Å². The van der Waals surface area contributed by atoms with Gasteiger partial charge in [0, 0.05) is 10.8 Å². The van der Waals surface area contributed by atoms with Gasteiger partial charge in [-0.2, -0.15) is 4.52 Å². The average molecular weight is 269 g/mol. The summed E-state index contributed by atoms with van der Waals surface area (Å²) >= 11 is 0. The summed E-state index contributed by atoms with van der Waals surface area (Å²) in [5, 5.41) is 5.51. The largest absolute Gasteiger partial charge is 0.368 e. The van der Waals surface area contributed by atoms with Crippen LogP contribution in [0.4, 0.5) is 5.95 Å². The van der Waals surface area contributed by atoms with E-state index in [4.69, 9.17) is 5.73 Å². The second-order valence-corrected chi connectivity index (χ2v) is 6.37. The van der Waals surface area contributed by atoms with Gasteiger partial charge in [-0.25, -0.2) is 9.97 Å². The quantitative estimate of drug-likeness (QED) is 0.681. The third-order valence-electron chi connectivity index (χ3n) is 3.41. The van der Waals surface area contributed by atoms with Crippen LogP contribution in [0.15, 0.2) is 12.1 Å². The lowest BCUT2D eigenvalue weighted by Gasteiger charge is -2.11. The van der Waals surface area contributed by atoms with E-state index in [1.54, 1.807) is 4.52 Å². The van der Waals surface area contributed by atoms with Crippen molar-refractivity contribution in [1.29, 1.82) is 0 Å². The minimum absolute atomic E-state index is 0.121. The van der Waals surface area contributed by atoms with Crippen molar-refractivity contribution < 1.29 is 0 Å². The van der Waals surface area contributed by atoms with Crippen LogP contribution >= 0.6 is 0 Å². The highest BCUT2D eigenvalue weighted by Crippen LogP contribution is 2.26. The van der Waals surface area contributed by atoms with Crippen LogP contribution in [0.5, 0.6) is 0 Å². The van der Waals surface area contributed by atoms with Gasteiger partial charge in [0.05, 0.1) is 5.52 Å². The van der Waals surface area contributed by atoms with E-state index in [1.165, 1.54) is 5.56 Å². The standard InChI is InChI=1S/C15H19N5/c1-8-6-9(2)11-10(7-8)12-18-13(15(3,4)5)19-20(12)14(16)17-11/h6-7H,1-5H3,(H2,16,17). The van der Waals surface area contributed by atoms with Gasteiger partial charge in [0.15, 0.2) is 11.5 Å². The molecule has 0 saturated carbocycles.